The van der Waals surface area contributed by atoms with Gasteiger partial charge in [0.25, 0.3) is 0 Å². The van der Waals surface area contributed by atoms with E-state index < -0.39 is 54.4 Å². The summed E-state index contributed by atoms with van der Waals surface area (Å²) in [5.74, 6) is -5.29. The van der Waals surface area contributed by atoms with E-state index >= 15 is 0 Å². The molecular formula is C18H16N2O7S2. The minimum Gasteiger partial charge on any atom is -0.277 e. The van der Waals surface area contributed by atoms with E-state index in [4.69, 9.17) is 0 Å². The minimum absolute atomic E-state index is 0.152. The fourth-order valence-corrected chi connectivity index (χ4v) is 7.09. The second-order valence-corrected chi connectivity index (χ2v) is 10.5. The first-order chi connectivity index (χ1) is 13.6. The Morgan fingerprint density at radius 1 is 0.724 bits per heavy atom. The maximum atomic E-state index is 13.2. The minimum atomic E-state index is -4.44. The first kappa shape index (κ1) is 20.7. The molecule has 29 heavy (non-hydrogen) atoms. The maximum absolute atomic E-state index is 13.2. The monoisotopic (exact) mass is 436 g/mol. The molecule has 4 amide bonds. The van der Waals surface area contributed by atoms with Crippen molar-refractivity contribution in [3.05, 3.63) is 60.7 Å². The molecule has 11 heteroatoms. The molecular weight excluding hydrogens is 420 g/mol. The summed E-state index contributed by atoms with van der Waals surface area (Å²) in [6.45, 7) is 0. The van der Waals surface area contributed by atoms with Crippen molar-refractivity contribution in [1.29, 1.82) is 0 Å². The van der Waals surface area contributed by atoms with Gasteiger partial charge in [-0.1, -0.05) is 36.4 Å². The number of sulfone groups is 2. The zero-order valence-corrected chi connectivity index (χ0v) is 16.4. The van der Waals surface area contributed by atoms with Crippen LogP contribution in [0.25, 0.3) is 0 Å². The van der Waals surface area contributed by atoms with Gasteiger partial charge in [0.15, 0.2) is 19.7 Å². The molecule has 1 heterocycles. The quantitative estimate of drug-likeness (QED) is 0.619. The lowest BCUT2D eigenvalue weighted by Crippen LogP contribution is -2.61. The third kappa shape index (κ3) is 4.20. The van der Waals surface area contributed by atoms with Gasteiger partial charge in [0.2, 0.25) is 11.8 Å². The van der Waals surface area contributed by atoms with Gasteiger partial charge in [-0.2, -0.15) is 0 Å². The summed E-state index contributed by atoms with van der Waals surface area (Å²) in [5.41, 5.74) is 0. The van der Waals surface area contributed by atoms with E-state index in [0.717, 1.165) is 0 Å². The number of benzene rings is 2. The molecule has 1 aliphatic rings. The number of hydrogen-bond acceptors (Lipinski definition) is 7. The Morgan fingerprint density at radius 3 is 1.66 bits per heavy atom. The first-order valence-corrected chi connectivity index (χ1v) is 11.6. The molecule has 2 aromatic carbocycles. The van der Waals surface area contributed by atoms with Crippen LogP contribution in [0.5, 0.6) is 0 Å². The number of carbonyl (C=O) groups is 3. The van der Waals surface area contributed by atoms with Crippen molar-refractivity contribution in [2.45, 2.75) is 15.0 Å². The Balaban J connectivity index is 2.11. The molecule has 1 saturated heterocycles. The van der Waals surface area contributed by atoms with Gasteiger partial charge in [-0.05, 0) is 24.3 Å². The normalized spacial score (nSPS) is 16.8. The van der Waals surface area contributed by atoms with Crippen LogP contribution in [0.2, 0.25) is 0 Å². The molecule has 0 saturated carbocycles. The number of barbiturate groups is 1. The van der Waals surface area contributed by atoms with Gasteiger partial charge in [-0.3, -0.25) is 20.2 Å². The highest BCUT2D eigenvalue weighted by molar-refractivity contribution is 7.95. The highest BCUT2D eigenvalue weighted by Gasteiger charge is 2.48. The third-order valence-electron chi connectivity index (χ3n) is 4.37. The van der Waals surface area contributed by atoms with Gasteiger partial charge in [-0.15, -0.1) is 0 Å². The summed E-state index contributed by atoms with van der Waals surface area (Å²) in [5, 5.41) is 1.70. The number of hydrogen-bond donors (Lipinski definition) is 2. The van der Waals surface area contributed by atoms with Crippen LogP contribution in [-0.4, -0.2) is 45.7 Å². The summed E-state index contributed by atoms with van der Waals surface area (Å²) in [4.78, 5) is 35.6. The van der Waals surface area contributed by atoms with Gasteiger partial charge in [0.05, 0.1) is 15.5 Å². The second-order valence-electron chi connectivity index (χ2n) is 6.28. The number of urea groups is 1. The lowest BCUT2D eigenvalue weighted by atomic mass is 10.0. The average Bonchev–Trinajstić information content (AvgIpc) is 2.68. The molecule has 0 spiro atoms. The van der Waals surface area contributed by atoms with Crippen LogP contribution in [0.3, 0.4) is 0 Å². The van der Waals surface area contributed by atoms with Gasteiger partial charge >= 0.3 is 6.03 Å². The van der Waals surface area contributed by atoms with E-state index in [1.807, 2.05) is 10.6 Å². The standard InChI is InChI=1S/C18H16N2O7S2/c21-16-15(17(22)20-18(23)19-16)14(29(26,27)13-9-5-2-6-10-13)11-28(24,25)12-7-3-1-4-8-12/h1-10,14-15H,11H2,(H2,19,20,21,22,23). The number of nitrogens with one attached hydrogen (secondary N) is 2. The van der Waals surface area contributed by atoms with E-state index in [9.17, 15) is 31.2 Å². The van der Waals surface area contributed by atoms with E-state index in [-0.39, 0.29) is 9.79 Å². The lowest BCUT2D eigenvalue weighted by molar-refractivity contribution is -0.135. The Labute approximate surface area is 167 Å². The van der Waals surface area contributed by atoms with Crippen molar-refractivity contribution in [3.8, 4) is 0 Å². The van der Waals surface area contributed by atoms with E-state index in [1.54, 1.807) is 12.1 Å². The highest BCUT2D eigenvalue weighted by Crippen LogP contribution is 2.27. The second kappa shape index (κ2) is 7.76. The molecule has 152 valence electrons. The molecule has 1 fully saturated rings. The van der Waals surface area contributed by atoms with Crippen molar-refractivity contribution >= 4 is 37.5 Å². The molecule has 0 aromatic heterocycles. The van der Waals surface area contributed by atoms with Crippen LogP contribution in [0.15, 0.2) is 70.5 Å². The molecule has 1 unspecified atom stereocenters. The molecule has 0 radical (unpaired) electrons. The topological polar surface area (TPSA) is 144 Å². The summed E-state index contributed by atoms with van der Waals surface area (Å²) in [7, 11) is -8.62. The largest absolute Gasteiger partial charge is 0.328 e. The maximum Gasteiger partial charge on any atom is 0.328 e. The van der Waals surface area contributed by atoms with E-state index in [1.165, 1.54) is 48.5 Å². The predicted octanol–water partition coefficient (Wildman–Crippen LogP) is 0.285. The Morgan fingerprint density at radius 2 is 1.17 bits per heavy atom. The SMILES string of the molecule is O=C1NC(=O)C(C(CS(=O)(=O)c2ccccc2)S(=O)(=O)c2ccccc2)C(=O)N1. The summed E-state index contributed by atoms with van der Waals surface area (Å²) in [6, 6.07) is 12.9. The van der Waals surface area contributed by atoms with E-state index in [0.29, 0.717) is 0 Å². The van der Waals surface area contributed by atoms with Crippen molar-refractivity contribution in [1.82, 2.24) is 10.6 Å². The number of carbonyl (C=O) groups excluding carboxylic acids is 3. The van der Waals surface area contributed by atoms with E-state index in [2.05, 4.69) is 0 Å². The molecule has 0 aliphatic carbocycles. The molecule has 2 N–H and O–H groups in total. The van der Waals surface area contributed by atoms with Crippen LogP contribution < -0.4 is 10.6 Å². The zero-order chi connectivity index (χ0) is 21.2. The van der Waals surface area contributed by atoms with Crippen LogP contribution in [0.4, 0.5) is 4.79 Å². The Hall–Kier alpha value is -3.05. The number of amides is 4. The van der Waals surface area contributed by atoms with Crippen LogP contribution >= 0.6 is 0 Å². The fraction of sp³-hybridized carbons (Fsp3) is 0.167. The average molecular weight is 436 g/mol. The van der Waals surface area contributed by atoms with Gasteiger partial charge in [0, 0.05) is 0 Å². The predicted molar refractivity (Wildman–Crippen MR) is 101 cm³/mol. The fourth-order valence-electron chi connectivity index (χ4n) is 2.96. The van der Waals surface area contributed by atoms with Crippen LogP contribution in [-0.2, 0) is 29.3 Å². The van der Waals surface area contributed by atoms with Crippen LogP contribution in [0.1, 0.15) is 0 Å². The Kier molecular flexibility index (Phi) is 5.53. The van der Waals surface area contributed by atoms with Crippen molar-refractivity contribution in [2.75, 3.05) is 5.75 Å². The molecule has 9 nitrogen and oxygen atoms in total. The molecule has 0 bridgehead atoms. The van der Waals surface area contributed by atoms with Crippen molar-refractivity contribution < 1.29 is 31.2 Å². The lowest BCUT2D eigenvalue weighted by Gasteiger charge is -2.28. The molecule has 1 aliphatic heterocycles. The van der Waals surface area contributed by atoms with Crippen molar-refractivity contribution in [3.63, 3.8) is 0 Å². The van der Waals surface area contributed by atoms with Gasteiger partial charge in [-0.25, -0.2) is 21.6 Å². The van der Waals surface area contributed by atoms with Crippen molar-refractivity contribution in [2.24, 2.45) is 5.92 Å². The van der Waals surface area contributed by atoms with Crippen LogP contribution in [0, 0.1) is 5.92 Å². The zero-order valence-electron chi connectivity index (χ0n) is 14.8. The number of rotatable bonds is 6. The van der Waals surface area contributed by atoms with Gasteiger partial charge < -0.3 is 0 Å². The highest BCUT2D eigenvalue weighted by atomic mass is 32.2. The molecule has 2 aromatic rings. The molecule has 3 rings (SSSR count). The number of imide groups is 2. The third-order valence-corrected chi connectivity index (χ3v) is 8.53. The molecule has 1 atom stereocenters. The van der Waals surface area contributed by atoms with Gasteiger partial charge in [0.1, 0.15) is 11.2 Å². The smallest absolute Gasteiger partial charge is 0.277 e. The first-order valence-electron chi connectivity index (χ1n) is 8.35. The summed E-state index contributed by atoms with van der Waals surface area (Å²) in [6.07, 6.45) is 0. The Bertz CT molecular complexity index is 1140. The summed E-state index contributed by atoms with van der Waals surface area (Å²) >= 11 is 0. The summed E-state index contributed by atoms with van der Waals surface area (Å²) < 4.78 is 52.1.